The molecule has 1 aliphatic carbocycles. The molecule has 1 aromatic carbocycles. The van der Waals surface area contributed by atoms with E-state index in [1.54, 1.807) is 6.07 Å². The zero-order valence-corrected chi connectivity index (χ0v) is 18.0. The number of phenols is 1. The van der Waals surface area contributed by atoms with Crippen molar-refractivity contribution < 1.29 is 9.84 Å². The van der Waals surface area contributed by atoms with E-state index in [2.05, 4.69) is 46.1 Å². The third kappa shape index (κ3) is 6.16. The highest BCUT2D eigenvalue weighted by Crippen LogP contribution is 2.34. The second-order valence-corrected chi connectivity index (χ2v) is 7.09. The molecule has 1 atom stereocenters. The molecule has 0 bridgehead atoms. The Morgan fingerprint density at radius 3 is 2.41 bits per heavy atom. The van der Waals surface area contributed by atoms with Crippen LogP contribution in [0.5, 0.6) is 5.75 Å². The summed E-state index contributed by atoms with van der Waals surface area (Å²) >= 11 is 0. The van der Waals surface area contributed by atoms with Gasteiger partial charge in [-0.15, -0.1) is 0 Å². The van der Waals surface area contributed by atoms with Gasteiger partial charge in [-0.1, -0.05) is 71.1 Å². The highest BCUT2D eigenvalue weighted by atomic mass is 16.5. The van der Waals surface area contributed by atoms with Gasteiger partial charge < -0.3 is 9.84 Å². The van der Waals surface area contributed by atoms with Crippen LogP contribution in [0, 0.1) is 12.8 Å². The summed E-state index contributed by atoms with van der Waals surface area (Å²) in [5.41, 5.74) is 5.34. The second-order valence-electron chi connectivity index (χ2n) is 7.09. The molecule has 0 radical (unpaired) electrons. The van der Waals surface area contributed by atoms with Gasteiger partial charge in [-0.05, 0) is 61.8 Å². The first-order valence-electron chi connectivity index (χ1n) is 10.1. The van der Waals surface area contributed by atoms with E-state index in [1.807, 2.05) is 26.8 Å². The van der Waals surface area contributed by atoms with Crippen molar-refractivity contribution in [2.45, 2.75) is 67.2 Å². The highest BCUT2D eigenvalue weighted by Gasteiger charge is 2.18. The molecule has 148 valence electrons. The second kappa shape index (κ2) is 10.8. The molecule has 2 heteroatoms. The molecule has 2 nitrogen and oxygen atoms in total. The lowest BCUT2D eigenvalue weighted by atomic mass is 9.88. The van der Waals surface area contributed by atoms with Crippen molar-refractivity contribution in [3.05, 3.63) is 71.0 Å². The molecule has 1 aliphatic rings. The molecule has 0 fully saturated rings. The van der Waals surface area contributed by atoms with Crippen molar-refractivity contribution in [3.8, 4) is 5.75 Å². The fourth-order valence-corrected chi connectivity index (χ4v) is 3.31. The first-order valence-corrected chi connectivity index (χ1v) is 10.1. The third-order valence-electron chi connectivity index (χ3n) is 4.80. The van der Waals surface area contributed by atoms with Crippen LogP contribution in [0.25, 0.3) is 5.76 Å². The predicted molar refractivity (Wildman–Crippen MR) is 118 cm³/mol. The van der Waals surface area contributed by atoms with Gasteiger partial charge >= 0.3 is 0 Å². The summed E-state index contributed by atoms with van der Waals surface area (Å²) in [7, 11) is 0. The number of hydrogen-bond acceptors (Lipinski definition) is 2. The molecule has 1 aromatic rings. The lowest BCUT2D eigenvalue weighted by molar-refractivity contribution is 0.381. The smallest absolute Gasteiger partial charge is 0.127 e. The third-order valence-corrected chi connectivity index (χ3v) is 4.80. The summed E-state index contributed by atoms with van der Waals surface area (Å²) in [4.78, 5) is 0. The molecule has 0 spiro atoms. The van der Waals surface area contributed by atoms with Crippen LogP contribution in [0.3, 0.4) is 0 Å². The Morgan fingerprint density at radius 2 is 1.81 bits per heavy atom. The molecule has 0 aromatic heterocycles. The molecule has 27 heavy (non-hydrogen) atoms. The maximum absolute atomic E-state index is 10.3. The van der Waals surface area contributed by atoms with E-state index >= 15 is 0 Å². The number of hydrogen-bond donors (Lipinski definition) is 1. The number of unbranched alkanes of at least 4 members (excludes halogenated alkanes) is 1. The Morgan fingerprint density at radius 1 is 1.15 bits per heavy atom. The van der Waals surface area contributed by atoms with Gasteiger partial charge in [-0.25, -0.2) is 0 Å². The maximum Gasteiger partial charge on any atom is 0.127 e. The van der Waals surface area contributed by atoms with Crippen LogP contribution in [-0.4, -0.2) is 5.11 Å². The summed E-state index contributed by atoms with van der Waals surface area (Å²) in [6, 6.07) is 3.80. The van der Waals surface area contributed by atoms with Gasteiger partial charge in [0.15, 0.2) is 0 Å². The Balaban J connectivity index is 0.00000176. The number of allylic oxidation sites excluding steroid dienone is 4. The average molecular weight is 369 g/mol. The Bertz CT molecular complexity index is 735. The van der Waals surface area contributed by atoms with Crippen LogP contribution in [-0.2, 0) is 11.2 Å². The minimum atomic E-state index is 0.313. The fourth-order valence-electron chi connectivity index (χ4n) is 3.31. The summed E-state index contributed by atoms with van der Waals surface area (Å²) in [5.74, 6) is 1.86. The number of benzene rings is 1. The van der Waals surface area contributed by atoms with Crippen molar-refractivity contribution in [1.82, 2.24) is 0 Å². The van der Waals surface area contributed by atoms with E-state index in [4.69, 9.17) is 4.74 Å². The molecule has 0 amide bonds. The van der Waals surface area contributed by atoms with Gasteiger partial charge in [0.05, 0.1) is 0 Å². The van der Waals surface area contributed by atoms with Gasteiger partial charge in [0.25, 0.3) is 0 Å². The van der Waals surface area contributed by atoms with Gasteiger partial charge in [0.1, 0.15) is 17.3 Å². The Labute approximate surface area is 166 Å². The fraction of sp³-hybridized carbons (Fsp3) is 0.440. The van der Waals surface area contributed by atoms with E-state index in [9.17, 15) is 5.11 Å². The number of aryl methyl sites for hydroxylation is 2. The highest BCUT2D eigenvalue weighted by molar-refractivity contribution is 5.65. The Hall–Kier alpha value is -2.22. The monoisotopic (exact) mass is 368 g/mol. The van der Waals surface area contributed by atoms with Crippen LogP contribution in [0.2, 0.25) is 0 Å². The average Bonchev–Trinajstić information content (AvgIpc) is 2.63. The van der Waals surface area contributed by atoms with E-state index in [0.29, 0.717) is 23.2 Å². The SMILES string of the molecule is C=C(OC(=C)c1cc(O)c(CCCC)cc1C)C1=CC=C(C)CC1C.CC. The van der Waals surface area contributed by atoms with Crippen molar-refractivity contribution in [3.63, 3.8) is 0 Å². The van der Waals surface area contributed by atoms with Crippen LogP contribution < -0.4 is 0 Å². The van der Waals surface area contributed by atoms with Crippen molar-refractivity contribution in [2.24, 2.45) is 5.92 Å². The van der Waals surface area contributed by atoms with E-state index in [0.717, 1.165) is 47.9 Å². The van der Waals surface area contributed by atoms with E-state index in [1.165, 1.54) is 5.57 Å². The maximum atomic E-state index is 10.3. The lowest BCUT2D eigenvalue weighted by Crippen LogP contribution is -2.08. The molecular weight excluding hydrogens is 332 g/mol. The zero-order chi connectivity index (χ0) is 20.6. The molecule has 1 unspecified atom stereocenters. The number of rotatable bonds is 7. The van der Waals surface area contributed by atoms with Crippen LogP contribution in [0.15, 0.2) is 54.3 Å². The molecular formula is C25H36O2. The van der Waals surface area contributed by atoms with Crippen LogP contribution in [0.4, 0.5) is 0 Å². The van der Waals surface area contributed by atoms with Crippen molar-refractivity contribution in [1.29, 1.82) is 0 Å². The van der Waals surface area contributed by atoms with Crippen LogP contribution >= 0.6 is 0 Å². The largest absolute Gasteiger partial charge is 0.508 e. The predicted octanol–water partition coefficient (Wildman–Crippen LogP) is 7.48. The minimum absolute atomic E-state index is 0.313. The molecule has 2 rings (SSSR count). The van der Waals surface area contributed by atoms with Crippen molar-refractivity contribution >= 4 is 5.76 Å². The molecule has 0 aliphatic heterocycles. The number of ether oxygens (including phenoxy) is 1. The first-order chi connectivity index (χ1) is 12.8. The van der Waals surface area contributed by atoms with Gasteiger partial charge in [0.2, 0.25) is 0 Å². The minimum Gasteiger partial charge on any atom is -0.508 e. The van der Waals surface area contributed by atoms with Gasteiger partial charge in [-0.3, -0.25) is 0 Å². The summed E-state index contributed by atoms with van der Waals surface area (Å²) < 4.78 is 5.94. The standard InChI is InChI=1S/C23H30O2.C2H6/c1-7-8-9-20-13-17(4)22(14-23(20)24)19(6)25-18(5)21-11-10-15(2)12-16(21)3;1-2/h10-11,13-14,16,24H,5-9,12H2,1-4H3;1-2H3. The van der Waals surface area contributed by atoms with Crippen LogP contribution in [0.1, 0.15) is 70.6 Å². The molecule has 0 saturated heterocycles. The lowest BCUT2D eigenvalue weighted by Gasteiger charge is -2.23. The number of phenolic OH excluding ortho intramolecular Hbond substituents is 1. The normalized spacial score (nSPS) is 15.9. The summed E-state index contributed by atoms with van der Waals surface area (Å²) in [6.07, 6.45) is 8.28. The molecule has 0 saturated carbocycles. The topological polar surface area (TPSA) is 29.5 Å². The Kier molecular flexibility index (Phi) is 9.14. The zero-order valence-electron chi connectivity index (χ0n) is 18.0. The van der Waals surface area contributed by atoms with Crippen molar-refractivity contribution in [2.75, 3.05) is 0 Å². The van der Waals surface area contributed by atoms with Gasteiger partial charge in [-0.2, -0.15) is 0 Å². The van der Waals surface area contributed by atoms with Gasteiger partial charge in [0, 0.05) is 5.56 Å². The van der Waals surface area contributed by atoms with E-state index < -0.39 is 0 Å². The quantitative estimate of drug-likeness (QED) is 0.505. The van der Waals surface area contributed by atoms with E-state index in [-0.39, 0.29) is 0 Å². The first kappa shape index (κ1) is 22.8. The molecule has 0 heterocycles. The molecule has 1 N–H and O–H groups in total. The summed E-state index contributed by atoms with van der Waals surface area (Å²) in [6.45, 7) is 20.6. The number of aromatic hydroxyl groups is 1. The summed E-state index contributed by atoms with van der Waals surface area (Å²) in [5, 5.41) is 10.3.